The van der Waals surface area contributed by atoms with Crippen molar-refractivity contribution in [3.63, 3.8) is 0 Å². The Bertz CT molecular complexity index is 340. The number of aryl methyl sites for hydroxylation is 1. The van der Waals surface area contributed by atoms with Gasteiger partial charge in [0.05, 0.1) is 5.54 Å². The number of aromatic nitrogens is 1. The monoisotopic (exact) mass is 310 g/mol. The van der Waals surface area contributed by atoms with E-state index in [-0.39, 0.29) is 5.54 Å². The van der Waals surface area contributed by atoms with Crippen molar-refractivity contribution in [2.24, 2.45) is 0 Å². The number of rotatable bonds is 4. The zero-order valence-corrected chi connectivity index (χ0v) is 11.7. The number of nitrogens with one attached hydrogen (secondary N) is 1. The minimum Gasteiger partial charge on any atom is -0.362 e. The van der Waals surface area contributed by atoms with Gasteiger partial charge in [0.15, 0.2) is 0 Å². The first-order valence-electron chi connectivity index (χ1n) is 4.53. The number of anilines is 1. The third kappa shape index (κ3) is 3.51. The smallest absolute Gasteiger partial charge is 0.129 e. The summed E-state index contributed by atoms with van der Waals surface area (Å²) in [7, 11) is 0. The molecule has 0 radical (unpaired) electrons. The van der Waals surface area contributed by atoms with Crippen LogP contribution in [-0.4, -0.2) is 22.3 Å². The van der Waals surface area contributed by atoms with Crippen LogP contribution in [-0.2, 0) is 0 Å². The standard InChI is InChI=1S/C10H13BrCl2N2/c1-7-3-8(11)4-14-9(7)15-10(2,5-12)6-13/h3-4H,5-6H2,1-2H3,(H,14,15). The van der Waals surface area contributed by atoms with E-state index in [0.717, 1.165) is 15.9 Å². The third-order valence-corrected chi connectivity index (χ3v) is 3.67. The summed E-state index contributed by atoms with van der Waals surface area (Å²) in [6.45, 7) is 3.96. The van der Waals surface area contributed by atoms with E-state index in [1.807, 2.05) is 19.9 Å². The Hall–Kier alpha value is 0.01000. The molecule has 0 unspecified atom stereocenters. The molecule has 1 heterocycles. The molecule has 0 atom stereocenters. The van der Waals surface area contributed by atoms with Gasteiger partial charge in [0.1, 0.15) is 5.82 Å². The van der Waals surface area contributed by atoms with Crippen LogP contribution in [0.15, 0.2) is 16.7 Å². The molecule has 0 aliphatic rings. The second-order valence-electron chi connectivity index (χ2n) is 3.77. The van der Waals surface area contributed by atoms with Crippen molar-refractivity contribution in [3.8, 4) is 0 Å². The van der Waals surface area contributed by atoms with Crippen molar-refractivity contribution in [2.45, 2.75) is 19.4 Å². The van der Waals surface area contributed by atoms with E-state index in [0.29, 0.717) is 11.8 Å². The topological polar surface area (TPSA) is 24.9 Å². The molecule has 0 amide bonds. The molecule has 0 saturated carbocycles. The normalized spacial score (nSPS) is 11.5. The van der Waals surface area contributed by atoms with Crippen LogP contribution in [0.3, 0.4) is 0 Å². The number of hydrogen-bond donors (Lipinski definition) is 1. The first-order valence-corrected chi connectivity index (χ1v) is 6.39. The Morgan fingerprint density at radius 2 is 2.07 bits per heavy atom. The van der Waals surface area contributed by atoms with Gasteiger partial charge in [-0.2, -0.15) is 0 Å². The highest BCUT2D eigenvalue weighted by Gasteiger charge is 2.22. The fraction of sp³-hybridized carbons (Fsp3) is 0.500. The number of pyridine rings is 1. The molecule has 0 aliphatic carbocycles. The molecule has 0 aliphatic heterocycles. The Balaban J connectivity index is 2.89. The molecule has 0 saturated heterocycles. The predicted molar refractivity (Wildman–Crippen MR) is 70.1 cm³/mol. The molecule has 1 aromatic rings. The van der Waals surface area contributed by atoms with Gasteiger partial charge in [0.25, 0.3) is 0 Å². The molecule has 2 nitrogen and oxygen atoms in total. The summed E-state index contributed by atoms with van der Waals surface area (Å²) in [5.41, 5.74) is 0.736. The minimum atomic E-state index is -0.325. The fourth-order valence-corrected chi connectivity index (χ4v) is 1.92. The summed E-state index contributed by atoms with van der Waals surface area (Å²) >= 11 is 15.1. The van der Waals surface area contributed by atoms with Crippen molar-refractivity contribution in [2.75, 3.05) is 17.1 Å². The van der Waals surface area contributed by atoms with Gasteiger partial charge in [0, 0.05) is 22.4 Å². The van der Waals surface area contributed by atoms with Crippen molar-refractivity contribution in [3.05, 3.63) is 22.3 Å². The van der Waals surface area contributed by atoms with Crippen LogP contribution in [0.2, 0.25) is 0 Å². The summed E-state index contributed by atoms with van der Waals surface area (Å²) in [6.07, 6.45) is 1.75. The van der Waals surface area contributed by atoms with Crippen LogP contribution in [0.1, 0.15) is 12.5 Å². The van der Waals surface area contributed by atoms with Crippen LogP contribution < -0.4 is 5.32 Å². The maximum Gasteiger partial charge on any atom is 0.129 e. The van der Waals surface area contributed by atoms with E-state index in [1.54, 1.807) is 6.20 Å². The summed E-state index contributed by atoms with van der Waals surface area (Å²) in [4.78, 5) is 4.28. The average molecular weight is 312 g/mol. The highest BCUT2D eigenvalue weighted by atomic mass is 79.9. The minimum absolute atomic E-state index is 0.325. The predicted octanol–water partition coefficient (Wildman–Crippen LogP) is 3.80. The lowest BCUT2D eigenvalue weighted by atomic mass is 10.1. The fourth-order valence-electron chi connectivity index (χ4n) is 1.06. The molecule has 84 valence electrons. The molecule has 5 heteroatoms. The highest BCUT2D eigenvalue weighted by Crippen LogP contribution is 2.22. The second kappa shape index (κ2) is 5.37. The first kappa shape index (κ1) is 13.1. The average Bonchev–Trinajstić information content (AvgIpc) is 2.22. The quantitative estimate of drug-likeness (QED) is 0.856. The van der Waals surface area contributed by atoms with Crippen molar-refractivity contribution < 1.29 is 0 Å². The zero-order chi connectivity index (χ0) is 11.5. The molecule has 1 N–H and O–H groups in total. The first-order chi connectivity index (χ1) is 7.00. The van der Waals surface area contributed by atoms with E-state index >= 15 is 0 Å². The summed E-state index contributed by atoms with van der Waals surface area (Å²) in [5.74, 6) is 1.70. The van der Waals surface area contributed by atoms with Gasteiger partial charge >= 0.3 is 0 Å². The van der Waals surface area contributed by atoms with E-state index < -0.39 is 0 Å². The van der Waals surface area contributed by atoms with Crippen LogP contribution in [0.5, 0.6) is 0 Å². The number of hydrogen-bond acceptors (Lipinski definition) is 2. The van der Waals surface area contributed by atoms with Crippen LogP contribution >= 0.6 is 39.1 Å². The molecular formula is C10H13BrCl2N2. The number of halogens is 3. The summed E-state index contributed by atoms with van der Waals surface area (Å²) in [5, 5.41) is 3.25. The molecule has 0 aromatic carbocycles. The lowest BCUT2D eigenvalue weighted by molar-refractivity contribution is 0.644. The van der Waals surface area contributed by atoms with Gasteiger partial charge in [-0.3, -0.25) is 0 Å². The van der Waals surface area contributed by atoms with Gasteiger partial charge in [-0.15, -0.1) is 23.2 Å². The van der Waals surface area contributed by atoms with Gasteiger partial charge in [0.2, 0.25) is 0 Å². The molecule has 0 spiro atoms. The van der Waals surface area contributed by atoms with Gasteiger partial charge in [-0.1, -0.05) is 0 Å². The van der Waals surface area contributed by atoms with E-state index in [9.17, 15) is 0 Å². The Kier molecular flexibility index (Phi) is 4.68. The third-order valence-electron chi connectivity index (χ3n) is 2.05. The molecule has 1 rings (SSSR count). The maximum absolute atomic E-state index is 5.86. The summed E-state index contributed by atoms with van der Waals surface area (Å²) < 4.78 is 0.962. The van der Waals surface area contributed by atoms with Crippen LogP contribution in [0.25, 0.3) is 0 Å². The molecule has 0 fully saturated rings. The number of nitrogens with zero attached hydrogens (tertiary/aromatic N) is 1. The Morgan fingerprint density at radius 3 is 2.53 bits per heavy atom. The van der Waals surface area contributed by atoms with Crippen molar-refractivity contribution in [1.82, 2.24) is 4.98 Å². The lowest BCUT2D eigenvalue weighted by Gasteiger charge is -2.27. The molecular weight excluding hydrogens is 299 g/mol. The Labute approximate surface area is 108 Å². The van der Waals surface area contributed by atoms with Gasteiger partial charge in [-0.25, -0.2) is 4.98 Å². The molecule has 15 heavy (non-hydrogen) atoms. The number of alkyl halides is 2. The van der Waals surface area contributed by atoms with Crippen LogP contribution in [0, 0.1) is 6.92 Å². The Morgan fingerprint density at radius 1 is 1.47 bits per heavy atom. The molecule has 0 bridgehead atoms. The van der Waals surface area contributed by atoms with Crippen molar-refractivity contribution >= 4 is 44.9 Å². The molecule has 1 aromatic heterocycles. The largest absolute Gasteiger partial charge is 0.362 e. The highest BCUT2D eigenvalue weighted by molar-refractivity contribution is 9.10. The van der Waals surface area contributed by atoms with Crippen LogP contribution in [0.4, 0.5) is 5.82 Å². The van der Waals surface area contributed by atoms with E-state index in [2.05, 4.69) is 26.2 Å². The van der Waals surface area contributed by atoms with Gasteiger partial charge in [-0.05, 0) is 41.4 Å². The SMILES string of the molecule is Cc1cc(Br)cnc1NC(C)(CCl)CCl. The van der Waals surface area contributed by atoms with Gasteiger partial charge < -0.3 is 5.32 Å². The van der Waals surface area contributed by atoms with Crippen molar-refractivity contribution in [1.29, 1.82) is 0 Å². The van der Waals surface area contributed by atoms with E-state index in [1.165, 1.54) is 0 Å². The summed E-state index contributed by atoms with van der Waals surface area (Å²) in [6, 6.07) is 2.00. The second-order valence-corrected chi connectivity index (χ2v) is 5.22. The maximum atomic E-state index is 5.86. The van der Waals surface area contributed by atoms with E-state index in [4.69, 9.17) is 23.2 Å². The lowest BCUT2D eigenvalue weighted by Crippen LogP contribution is -2.39. The zero-order valence-electron chi connectivity index (χ0n) is 8.65.